The molecule has 2 rings (SSSR count). The molecule has 1 aliphatic heterocycles. The lowest BCUT2D eigenvalue weighted by Crippen LogP contribution is -2.34. The van der Waals surface area contributed by atoms with Gasteiger partial charge < -0.3 is 10.1 Å². The van der Waals surface area contributed by atoms with Crippen molar-refractivity contribution in [1.29, 1.82) is 0 Å². The van der Waals surface area contributed by atoms with Crippen LogP contribution in [0.1, 0.15) is 18.4 Å². The zero-order valence-corrected chi connectivity index (χ0v) is 8.20. The fourth-order valence-electron chi connectivity index (χ4n) is 1.69. The Balaban J connectivity index is 1.95. The average Bonchev–Trinajstić information content (AvgIpc) is 2.19. The van der Waals surface area contributed by atoms with Crippen molar-refractivity contribution in [2.75, 3.05) is 13.1 Å². The fourth-order valence-corrected chi connectivity index (χ4v) is 1.69. The van der Waals surface area contributed by atoms with E-state index in [1.54, 1.807) is 0 Å². The Morgan fingerprint density at radius 2 is 2.07 bits per heavy atom. The summed E-state index contributed by atoms with van der Waals surface area (Å²) >= 11 is 0. The lowest BCUT2D eigenvalue weighted by atomic mass is 10.1. The summed E-state index contributed by atoms with van der Waals surface area (Å²) < 4.78 is 5.82. The van der Waals surface area contributed by atoms with E-state index in [2.05, 4.69) is 5.32 Å². The Labute approximate surface area is 85.3 Å². The van der Waals surface area contributed by atoms with Crippen LogP contribution in [0, 0.1) is 6.92 Å². The van der Waals surface area contributed by atoms with Crippen LogP contribution in [0.3, 0.4) is 0 Å². The summed E-state index contributed by atoms with van der Waals surface area (Å²) in [5.41, 5.74) is 0.761. The van der Waals surface area contributed by atoms with Crippen molar-refractivity contribution in [3.8, 4) is 5.75 Å². The second-order valence-electron chi connectivity index (χ2n) is 3.64. The molecule has 2 nitrogen and oxygen atoms in total. The molecule has 0 bridgehead atoms. The van der Waals surface area contributed by atoms with Crippen LogP contribution in [-0.4, -0.2) is 19.2 Å². The zero-order valence-electron chi connectivity index (χ0n) is 8.20. The van der Waals surface area contributed by atoms with E-state index in [-0.39, 0.29) is 0 Å². The van der Waals surface area contributed by atoms with E-state index in [1.165, 1.54) is 0 Å². The molecular formula is C12H15NO. The molecule has 1 saturated heterocycles. The van der Waals surface area contributed by atoms with E-state index >= 15 is 0 Å². The molecule has 1 aromatic carbocycles. The number of hydrogen-bond donors (Lipinski definition) is 1. The molecule has 0 atom stereocenters. The normalized spacial score (nSPS) is 18.1. The van der Waals surface area contributed by atoms with Crippen molar-refractivity contribution < 1.29 is 4.74 Å². The average molecular weight is 189 g/mol. The number of hydrogen-bond acceptors (Lipinski definition) is 2. The maximum Gasteiger partial charge on any atom is 0.120 e. The summed E-state index contributed by atoms with van der Waals surface area (Å²) in [4.78, 5) is 0. The first kappa shape index (κ1) is 9.53. The number of nitrogens with one attached hydrogen (secondary N) is 1. The molecule has 2 radical (unpaired) electrons. The minimum Gasteiger partial charge on any atom is -0.490 e. The molecule has 14 heavy (non-hydrogen) atoms. The van der Waals surface area contributed by atoms with E-state index in [4.69, 9.17) is 11.7 Å². The van der Waals surface area contributed by atoms with E-state index in [0.29, 0.717) is 6.10 Å². The number of ether oxygens (including phenoxy) is 1. The molecule has 74 valence electrons. The Kier molecular flexibility index (Phi) is 3.04. The van der Waals surface area contributed by atoms with Crippen LogP contribution < -0.4 is 10.1 Å². The van der Waals surface area contributed by atoms with Crippen molar-refractivity contribution in [2.45, 2.75) is 18.9 Å². The van der Waals surface area contributed by atoms with Crippen LogP contribution in [0.25, 0.3) is 0 Å². The van der Waals surface area contributed by atoms with Crippen molar-refractivity contribution in [3.05, 3.63) is 36.8 Å². The number of piperidine rings is 1. The van der Waals surface area contributed by atoms with Crippen LogP contribution >= 0.6 is 0 Å². The summed E-state index contributed by atoms with van der Waals surface area (Å²) in [6.45, 7) is 7.77. The first-order valence-corrected chi connectivity index (χ1v) is 5.07. The summed E-state index contributed by atoms with van der Waals surface area (Å²) in [6.07, 6.45) is 2.50. The topological polar surface area (TPSA) is 21.3 Å². The van der Waals surface area contributed by atoms with Crippen LogP contribution in [0.4, 0.5) is 0 Å². The third kappa shape index (κ3) is 2.48. The Hall–Kier alpha value is -1.02. The summed E-state index contributed by atoms with van der Waals surface area (Å²) in [7, 11) is 0. The van der Waals surface area contributed by atoms with Crippen LogP contribution in [0.15, 0.2) is 24.3 Å². The summed E-state index contributed by atoms with van der Waals surface area (Å²) in [6, 6.07) is 7.63. The second kappa shape index (κ2) is 4.47. The lowest BCUT2D eigenvalue weighted by Gasteiger charge is -2.23. The molecule has 1 fully saturated rings. The zero-order chi connectivity index (χ0) is 9.80. The standard InChI is InChI=1S/C12H15NO/c1-10-3-2-4-12(9-10)14-11-5-7-13-8-6-11/h1-4,9,11,13H,5-8H2. The lowest BCUT2D eigenvalue weighted by molar-refractivity contribution is 0.162. The molecule has 0 aromatic heterocycles. The van der Waals surface area contributed by atoms with Crippen LogP contribution in [0.5, 0.6) is 5.75 Å². The van der Waals surface area contributed by atoms with E-state index in [0.717, 1.165) is 37.2 Å². The highest BCUT2D eigenvalue weighted by atomic mass is 16.5. The first-order chi connectivity index (χ1) is 6.84. The largest absolute Gasteiger partial charge is 0.490 e. The van der Waals surface area contributed by atoms with Gasteiger partial charge in [-0.15, -0.1) is 0 Å². The molecular weight excluding hydrogens is 174 g/mol. The van der Waals surface area contributed by atoms with E-state index in [1.807, 2.05) is 24.3 Å². The molecule has 0 saturated carbocycles. The minimum atomic E-state index is 0.345. The Morgan fingerprint density at radius 1 is 1.29 bits per heavy atom. The summed E-state index contributed by atoms with van der Waals surface area (Å²) in [5, 5.41) is 3.31. The molecule has 0 amide bonds. The highest BCUT2D eigenvalue weighted by Gasteiger charge is 2.13. The van der Waals surface area contributed by atoms with Gasteiger partial charge >= 0.3 is 0 Å². The quantitative estimate of drug-likeness (QED) is 0.767. The Morgan fingerprint density at radius 3 is 2.79 bits per heavy atom. The Bertz CT molecular complexity index is 292. The van der Waals surface area contributed by atoms with Gasteiger partial charge in [0.05, 0.1) is 0 Å². The van der Waals surface area contributed by atoms with Gasteiger partial charge in [0.1, 0.15) is 11.9 Å². The second-order valence-corrected chi connectivity index (χ2v) is 3.64. The highest BCUT2D eigenvalue weighted by molar-refractivity contribution is 5.30. The van der Waals surface area contributed by atoms with Crippen molar-refractivity contribution in [1.82, 2.24) is 5.32 Å². The molecule has 1 N–H and O–H groups in total. The summed E-state index contributed by atoms with van der Waals surface area (Å²) in [5.74, 6) is 0.886. The fraction of sp³-hybridized carbons (Fsp3) is 0.417. The van der Waals surface area contributed by atoms with Gasteiger partial charge in [0.15, 0.2) is 0 Å². The molecule has 2 heteroatoms. The SMILES string of the molecule is [CH]c1cccc(OC2CCNCC2)c1. The maximum atomic E-state index is 5.82. The predicted octanol–water partition coefficient (Wildman–Crippen LogP) is 1.88. The van der Waals surface area contributed by atoms with Crippen molar-refractivity contribution in [2.24, 2.45) is 0 Å². The van der Waals surface area contributed by atoms with Gasteiger partial charge in [0.25, 0.3) is 0 Å². The molecule has 1 aliphatic rings. The van der Waals surface area contributed by atoms with Gasteiger partial charge in [-0.2, -0.15) is 0 Å². The number of rotatable bonds is 2. The molecule has 1 aromatic rings. The van der Waals surface area contributed by atoms with Gasteiger partial charge in [0.2, 0.25) is 0 Å². The van der Waals surface area contributed by atoms with E-state index in [9.17, 15) is 0 Å². The van der Waals surface area contributed by atoms with Crippen molar-refractivity contribution in [3.63, 3.8) is 0 Å². The van der Waals surface area contributed by atoms with Gasteiger partial charge in [-0.05, 0) is 50.6 Å². The third-order valence-electron chi connectivity index (χ3n) is 2.45. The minimum absolute atomic E-state index is 0.345. The van der Waals surface area contributed by atoms with Crippen LogP contribution in [-0.2, 0) is 0 Å². The molecule has 0 spiro atoms. The number of benzene rings is 1. The van der Waals surface area contributed by atoms with Gasteiger partial charge in [-0.25, -0.2) is 0 Å². The van der Waals surface area contributed by atoms with Gasteiger partial charge in [0, 0.05) is 0 Å². The smallest absolute Gasteiger partial charge is 0.120 e. The van der Waals surface area contributed by atoms with E-state index < -0.39 is 0 Å². The highest BCUT2D eigenvalue weighted by Crippen LogP contribution is 2.17. The predicted molar refractivity (Wildman–Crippen MR) is 56.4 cm³/mol. The van der Waals surface area contributed by atoms with Gasteiger partial charge in [-0.3, -0.25) is 0 Å². The first-order valence-electron chi connectivity index (χ1n) is 5.07. The molecule has 0 unspecified atom stereocenters. The third-order valence-corrected chi connectivity index (χ3v) is 2.45. The van der Waals surface area contributed by atoms with Crippen LogP contribution in [0.2, 0.25) is 0 Å². The monoisotopic (exact) mass is 189 g/mol. The maximum absolute atomic E-state index is 5.82. The molecule has 1 heterocycles. The molecule has 0 aliphatic carbocycles. The van der Waals surface area contributed by atoms with Crippen molar-refractivity contribution >= 4 is 0 Å². The van der Waals surface area contributed by atoms with Gasteiger partial charge in [-0.1, -0.05) is 12.1 Å².